The zero-order valence-electron chi connectivity index (χ0n) is 15.0. The lowest BCUT2D eigenvalue weighted by Crippen LogP contribution is -2.63. The van der Waals surface area contributed by atoms with Gasteiger partial charge >= 0.3 is 0 Å². The first-order valence-electron chi connectivity index (χ1n) is 9.39. The van der Waals surface area contributed by atoms with E-state index >= 15 is 0 Å². The van der Waals surface area contributed by atoms with Crippen molar-refractivity contribution in [1.29, 1.82) is 0 Å². The summed E-state index contributed by atoms with van der Waals surface area (Å²) >= 11 is 0. The van der Waals surface area contributed by atoms with Gasteiger partial charge in [-0.2, -0.15) is 0 Å². The standard InChI is InChI=1S/C21H31NO/c1-4-23-18-7-5-16(6-8-18)12-22-21-11-17-9-19(2,14-21)13-20(3,10-17)15-21/h5-8,17,22H,4,9-15H2,1-3H3/t17?,19-,20+,21?. The van der Waals surface area contributed by atoms with Gasteiger partial charge in [0.15, 0.2) is 0 Å². The zero-order chi connectivity index (χ0) is 16.1. The van der Waals surface area contributed by atoms with Gasteiger partial charge in [-0.15, -0.1) is 0 Å². The first kappa shape index (κ1) is 15.5. The van der Waals surface area contributed by atoms with Crippen molar-refractivity contribution in [3.8, 4) is 5.75 Å². The molecular formula is C21H31NO. The van der Waals surface area contributed by atoms with Crippen LogP contribution in [0.5, 0.6) is 5.75 Å². The van der Waals surface area contributed by atoms with Crippen LogP contribution in [0.4, 0.5) is 0 Å². The van der Waals surface area contributed by atoms with E-state index in [0.29, 0.717) is 16.4 Å². The Morgan fingerprint density at radius 3 is 2.22 bits per heavy atom. The highest BCUT2D eigenvalue weighted by molar-refractivity contribution is 5.27. The third kappa shape index (κ3) is 2.91. The fourth-order valence-electron chi connectivity index (χ4n) is 6.80. The fourth-order valence-corrected chi connectivity index (χ4v) is 6.80. The van der Waals surface area contributed by atoms with Gasteiger partial charge in [-0.05, 0) is 79.9 Å². The number of rotatable bonds is 5. The van der Waals surface area contributed by atoms with Gasteiger partial charge in [0.25, 0.3) is 0 Å². The summed E-state index contributed by atoms with van der Waals surface area (Å²) in [5, 5.41) is 4.00. The van der Waals surface area contributed by atoms with Crippen LogP contribution in [0.1, 0.15) is 64.9 Å². The van der Waals surface area contributed by atoms with Crippen LogP contribution in [-0.2, 0) is 6.54 Å². The average molecular weight is 313 g/mol. The summed E-state index contributed by atoms with van der Waals surface area (Å²) < 4.78 is 5.55. The summed E-state index contributed by atoms with van der Waals surface area (Å²) in [4.78, 5) is 0. The molecule has 4 aliphatic rings. The summed E-state index contributed by atoms with van der Waals surface area (Å²) in [7, 11) is 0. The van der Waals surface area contributed by atoms with Crippen molar-refractivity contribution in [2.75, 3.05) is 6.61 Å². The molecule has 4 atom stereocenters. The van der Waals surface area contributed by atoms with E-state index in [4.69, 9.17) is 4.74 Å². The molecule has 4 fully saturated rings. The highest BCUT2D eigenvalue weighted by Crippen LogP contribution is 2.66. The summed E-state index contributed by atoms with van der Waals surface area (Å²) in [5.74, 6) is 1.93. The van der Waals surface area contributed by atoms with Crippen molar-refractivity contribution < 1.29 is 4.74 Å². The van der Waals surface area contributed by atoms with Crippen LogP contribution in [0.15, 0.2) is 24.3 Å². The molecule has 1 N–H and O–H groups in total. The van der Waals surface area contributed by atoms with Gasteiger partial charge in [-0.3, -0.25) is 0 Å². The molecule has 0 radical (unpaired) electrons. The van der Waals surface area contributed by atoms with Gasteiger partial charge in [0.05, 0.1) is 6.61 Å². The molecule has 2 heteroatoms. The van der Waals surface area contributed by atoms with E-state index < -0.39 is 0 Å². The zero-order valence-corrected chi connectivity index (χ0v) is 15.0. The second kappa shape index (κ2) is 5.24. The first-order chi connectivity index (χ1) is 10.9. The number of nitrogens with one attached hydrogen (secondary N) is 1. The van der Waals surface area contributed by atoms with Crippen LogP contribution in [0.2, 0.25) is 0 Å². The molecule has 126 valence electrons. The third-order valence-corrected chi connectivity index (χ3v) is 6.53. The molecule has 4 bridgehead atoms. The van der Waals surface area contributed by atoms with E-state index in [1.165, 1.54) is 44.1 Å². The van der Waals surface area contributed by atoms with E-state index in [1.54, 1.807) is 0 Å². The summed E-state index contributed by atoms with van der Waals surface area (Å²) in [6, 6.07) is 8.62. The van der Waals surface area contributed by atoms with Gasteiger partial charge < -0.3 is 10.1 Å². The topological polar surface area (TPSA) is 21.3 Å². The molecule has 0 spiro atoms. The molecule has 23 heavy (non-hydrogen) atoms. The van der Waals surface area contributed by atoms with Crippen molar-refractivity contribution in [3.05, 3.63) is 29.8 Å². The van der Waals surface area contributed by atoms with Gasteiger partial charge in [-0.25, -0.2) is 0 Å². The lowest BCUT2D eigenvalue weighted by atomic mass is 9.43. The minimum atomic E-state index is 0.390. The fraction of sp³-hybridized carbons (Fsp3) is 0.714. The number of benzene rings is 1. The largest absolute Gasteiger partial charge is 0.494 e. The monoisotopic (exact) mass is 313 g/mol. The third-order valence-electron chi connectivity index (χ3n) is 6.53. The maximum atomic E-state index is 5.55. The molecule has 0 heterocycles. The number of hydrogen-bond acceptors (Lipinski definition) is 2. The van der Waals surface area contributed by atoms with E-state index in [0.717, 1.165) is 24.8 Å². The Hall–Kier alpha value is -1.02. The summed E-state index contributed by atoms with van der Waals surface area (Å²) in [6.45, 7) is 8.85. The Morgan fingerprint density at radius 2 is 1.65 bits per heavy atom. The minimum Gasteiger partial charge on any atom is -0.494 e. The molecule has 0 amide bonds. The minimum absolute atomic E-state index is 0.390. The van der Waals surface area contributed by atoms with Crippen molar-refractivity contribution in [3.63, 3.8) is 0 Å². The summed E-state index contributed by atoms with van der Waals surface area (Å²) in [6.07, 6.45) is 8.54. The molecular weight excluding hydrogens is 282 g/mol. The van der Waals surface area contributed by atoms with E-state index in [2.05, 4.69) is 43.4 Å². The predicted molar refractivity (Wildman–Crippen MR) is 94.6 cm³/mol. The van der Waals surface area contributed by atoms with Crippen molar-refractivity contribution in [1.82, 2.24) is 5.32 Å². The Morgan fingerprint density at radius 1 is 1.00 bits per heavy atom. The van der Waals surface area contributed by atoms with Crippen LogP contribution in [0, 0.1) is 16.7 Å². The highest BCUT2D eigenvalue weighted by Gasteiger charge is 2.59. The Labute approximate surface area is 141 Å². The maximum absolute atomic E-state index is 5.55. The highest BCUT2D eigenvalue weighted by atomic mass is 16.5. The molecule has 0 aromatic heterocycles. The molecule has 5 rings (SSSR count). The summed E-state index contributed by atoms with van der Waals surface area (Å²) in [5.41, 5.74) is 2.93. The molecule has 0 aliphatic heterocycles. The Bertz CT molecular complexity index is 560. The second-order valence-electron chi connectivity index (χ2n) is 9.34. The quantitative estimate of drug-likeness (QED) is 0.832. The smallest absolute Gasteiger partial charge is 0.119 e. The Balaban J connectivity index is 1.46. The van der Waals surface area contributed by atoms with Crippen LogP contribution in [0.25, 0.3) is 0 Å². The molecule has 4 saturated carbocycles. The van der Waals surface area contributed by atoms with Gasteiger partial charge in [0.1, 0.15) is 5.75 Å². The lowest BCUT2D eigenvalue weighted by Gasteiger charge is -2.65. The lowest BCUT2D eigenvalue weighted by molar-refractivity contribution is -0.118. The van der Waals surface area contributed by atoms with E-state index in [-0.39, 0.29) is 0 Å². The van der Waals surface area contributed by atoms with Crippen LogP contribution >= 0.6 is 0 Å². The van der Waals surface area contributed by atoms with Crippen LogP contribution in [0.3, 0.4) is 0 Å². The molecule has 1 aromatic carbocycles. The first-order valence-corrected chi connectivity index (χ1v) is 9.39. The molecule has 2 unspecified atom stereocenters. The molecule has 0 saturated heterocycles. The number of hydrogen-bond donors (Lipinski definition) is 1. The van der Waals surface area contributed by atoms with Crippen molar-refractivity contribution in [2.24, 2.45) is 16.7 Å². The van der Waals surface area contributed by atoms with Gasteiger partial charge in [0.2, 0.25) is 0 Å². The van der Waals surface area contributed by atoms with E-state index in [9.17, 15) is 0 Å². The van der Waals surface area contributed by atoms with Gasteiger partial charge in [-0.1, -0.05) is 26.0 Å². The van der Waals surface area contributed by atoms with Crippen LogP contribution in [-0.4, -0.2) is 12.1 Å². The van der Waals surface area contributed by atoms with Crippen molar-refractivity contribution in [2.45, 2.75) is 71.4 Å². The molecule has 2 nitrogen and oxygen atoms in total. The predicted octanol–water partition coefficient (Wildman–Crippen LogP) is 4.92. The van der Waals surface area contributed by atoms with Gasteiger partial charge in [0, 0.05) is 12.1 Å². The molecule has 1 aromatic rings. The average Bonchev–Trinajstić information content (AvgIpc) is 2.43. The van der Waals surface area contributed by atoms with Crippen molar-refractivity contribution >= 4 is 0 Å². The molecule has 4 aliphatic carbocycles. The second-order valence-corrected chi connectivity index (χ2v) is 9.34. The van der Waals surface area contributed by atoms with Crippen LogP contribution < -0.4 is 10.1 Å². The Kier molecular flexibility index (Phi) is 3.53. The van der Waals surface area contributed by atoms with E-state index in [1.807, 2.05) is 6.92 Å². The normalized spacial score (nSPS) is 41.3. The SMILES string of the molecule is CCOc1ccc(CNC23CC4C[C@@](C)(C2)C[C@](C)(C4)C3)cc1. The number of ether oxygens (including phenoxy) is 1. The maximum Gasteiger partial charge on any atom is 0.119 e.